The Labute approximate surface area is 85.5 Å². The van der Waals surface area contributed by atoms with Gasteiger partial charge in [0.25, 0.3) is 0 Å². The molecule has 0 amide bonds. The highest BCUT2D eigenvalue weighted by Gasteiger charge is 2.24. The van der Waals surface area contributed by atoms with Crippen LogP contribution in [0.15, 0.2) is 34.9 Å². The molecule has 0 atom stereocenters. The molecule has 0 N–H and O–H groups in total. The summed E-state index contributed by atoms with van der Waals surface area (Å²) in [6, 6.07) is 9.32. The van der Waals surface area contributed by atoms with Crippen molar-refractivity contribution in [1.29, 1.82) is 0 Å². The van der Waals surface area contributed by atoms with Crippen LogP contribution in [0.4, 0.5) is 0 Å². The van der Waals surface area contributed by atoms with Crippen molar-refractivity contribution < 1.29 is 0 Å². The maximum atomic E-state index is 3.60. The largest absolute Gasteiger partial charge is 0.344 e. The number of para-hydroxylation sites is 1. The van der Waals surface area contributed by atoms with Crippen molar-refractivity contribution in [1.82, 2.24) is 4.57 Å². The molecule has 66 valence electrons. The highest BCUT2D eigenvalue weighted by molar-refractivity contribution is 9.10. The van der Waals surface area contributed by atoms with E-state index in [9.17, 15) is 0 Å². The molecule has 0 unspecified atom stereocenters. The number of aromatic nitrogens is 1. The van der Waals surface area contributed by atoms with Gasteiger partial charge in [-0.2, -0.15) is 0 Å². The average Bonchev–Trinajstić information content (AvgIpc) is 2.87. The van der Waals surface area contributed by atoms with E-state index in [1.807, 2.05) is 0 Å². The quantitative estimate of drug-likeness (QED) is 0.710. The Kier molecular flexibility index (Phi) is 1.53. The fourth-order valence-electron chi connectivity index (χ4n) is 1.83. The summed E-state index contributed by atoms with van der Waals surface area (Å²) in [5.74, 6) is 0. The van der Waals surface area contributed by atoms with Crippen LogP contribution in [-0.2, 0) is 0 Å². The van der Waals surface area contributed by atoms with Gasteiger partial charge in [0.2, 0.25) is 0 Å². The highest BCUT2D eigenvalue weighted by atomic mass is 79.9. The Morgan fingerprint density at radius 2 is 2.08 bits per heavy atom. The van der Waals surface area contributed by atoms with Crippen LogP contribution in [0.1, 0.15) is 18.9 Å². The first kappa shape index (κ1) is 7.63. The third-order valence-corrected chi connectivity index (χ3v) is 3.27. The molecule has 1 aromatic carbocycles. The number of rotatable bonds is 1. The van der Waals surface area contributed by atoms with Crippen molar-refractivity contribution in [3.05, 3.63) is 34.9 Å². The van der Waals surface area contributed by atoms with Gasteiger partial charge in [-0.25, -0.2) is 0 Å². The smallest absolute Gasteiger partial charge is 0.0627 e. The summed E-state index contributed by atoms with van der Waals surface area (Å²) in [6.45, 7) is 0. The molecule has 1 aliphatic rings. The van der Waals surface area contributed by atoms with Crippen molar-refractivity contribution in [3.63, 3.8) is 0 Å². The summed E-state index contributed by atoms with van der Waals surface area (Å²) < 4.78 is 3.60. The number of halogens is 1. The van der Waals surface area contributed by atoms with Crippen LogP contribution in [0.25, 0.3) is 10.9 Å². The van der Waals surface area contributed by atoms with E-state index in [1.54, 1.807) is 0 Å². The lowest BCUT2D eigenvalue weighted by Gasteiger charge is -2.03. The number of hydrogen-bond acceptors (Lipinski definition) is 0. The Balaban J connectivity index is 2.34. The lowest BCUT2D eigenvalue weighted by Crippen LogP contribution is -1.90. The van der Waals surface area contributed by atoms with Crippen LogP contribution in [0.2, 0.25) is 0 Å². The summed E-state index contributed by atoms with van der Waals surface area (Å²) in [4.78, 5) is 0. The monoisotopic (exact) mass is 235 g/mol. The normalized spacial score (nSPS) is 16.7. The summed E-state index contributed by atoms with van der Waals surface area (Å²) >= 11 is 3.60. The van der Waals surface area contributed by atoms with Crippen LogP contribution >= 0.6 is 15.9 Å². The molecular formula is C11H10BrN. The van der Waals surface area contributed by atoms with Gasteiger partial charge in [0.05, 0.1) is 5.52 Å². The minimum absolute atomic E-state index is 0.760. The Morgan fingerprint density at radius 3 is 2.85 bits per heavy atom. The molecule has 3 rings (SSSR count). The molecule has 2 aromatic rings. The molecule has 0 aliphatic heterocycles. The standard InChI is InChI=1S/C11H10BrN/c12-10-3-1-2-8-6-7-13(11(8)10)9-4-5-9/h1-3,6-7,9H,4-5H2. The molecule has 0 bridgehead atoms. The van der Waals surface area contributed by atoms with E-state index >= 15 is 0 Å². The molecule has 2 heteroatoms. The predicted octanol–water partition coefficient (Wildman–Crippen LogP) is 3.74. The maximum absolute atomic E-state index is 3.60. The number of benzene rings is 1. The molecule has 1 heterocycles. The predicted molar refractivity (Wildman–Crippen MR) is 57.9 cm³/mol. The van der Waals surface area contributed by atoms with Gasteiger partial charge in [-0.05, 0) is 40.9 Å². The van der Waals surface area contributed by atoms with Crippen molar-refractivity contribution in [3.8, 4) is 0 Å². The van der Waals surface area contributed by atoms with Crippen molar-refractivity contribution in [2.24, 2.45) is 0 Å². The second kappa shape index (κ2) is 2.61. The van der Waals surface area contributed by atoms with Crippen LogP contribution in [0, 0.1) is 0 Å². The fourth-order valence-corrected chi connectivity index (χ4v) is 2.42. The van der Waals surface area contributed by atoms with Gasteiger partial charge in [0.1, 0.15) is 0 Å². The summed E-state index contributed by atoms with van der Waals surface area (Å²) in [5, 5.41) is 1.33. The molecule has 0 spiro atoms. The van der Waals surface area contributed by atoms with E-state index in [0.717, 1.165) is 6.04 Å². The maximum Gasteiger partial charge on any atom is 0.0627 e. The van der Waals surface area contributed by atoms with Crippen molar-refractivity contribution >= 4 is 26.8 Å². The lowest BCUT2D eigenvalue weighted by molar-refractivity contribution is 0.775. The van der Waals surface area contributed by atoms with E-state index in [4.69, 9.17) is 0 Å². The van der Waals surface area contributed by atoms with Gasteiger partial charge in [-0.3, -0.25) is 0 Å². The topological polar surface area (TPSA) is 4.93 Å². The second-order valence-corrected chi connectivity index (χ2v) is 4.49. The zero-order chi connectivity index (χ0) is 8.84. The summed E-state index contributed by atoms with van der Waals surface area (Å²) in [5.41, 5.74) is 1.35. The Morgan fingerprint density at radius 1 is 1.23 bits per heavy atom. The first-order valence-electron chi connectivity index (χ1n) is 4.61. The van der Waals surface area contributed by atoms with E-state index in [0.29, 0.717) is 0 Å². The third-order valence-electron chi connectivity index (χ3n) is 2.63. The van der Waals surface area contributed by atoms with Gasteiger partial charge in [-0.15, -0.1) is 0 Å². The molecule has 1 fully saturated rings. The molecule has 1 nitrogen and oxygen atoms in total. The molecule has 0 radical (unpaired) electrons. The van der Waals surface area contributed by atoms with Gasteiger partial charge >= 0.3 is 0 Å². The SMILES string of the molecule is Brc1cccc2ccn(C3CC3)c12. The zero-order valence-electron chi connectivity index (χ0n) is 7.20. The summed E-state index contributed by atoms with van der Waals surface area (Å²) in [7, 11) is 0. The summed E-state index contributed by atoms with van der Waals surface area (Å²) in [6.07, 6.45) is 4.88. The minimum atomic E-state index is 0.760. The molecule has 1 aliphatic carbocycles. The van der Waals surface area contributed by atoms with E-state index in [1.165, 1.54) is 28.2 Å². The first-order valence-corrected chi connectivity index (χ1v) is 5.40. The van der Waals surface area contributed by atoms with Gasteiger partial charge in [0.15, 0.2) is 0 Å². The lowest BCUT2D eigenvalue weighted by atomic mass is 10.2. The van der Waals surface area contributed by atoms with Crippen molar-refractivity contribution in [2.45, 2.75) is 18.9 Å². The molecule has 1 saturated carbocycles. The first-order chi connectivity index (χ1) is 6.36. The van der Waals surface area contributed by atoms with Gasteiger partial charge < -0.3 is 4.57 Å². The number of hydrogen-bond donors (Lipinski definition) is 0. The van der Waals surface area contributed by atoms with E-state index in [-0.39, 0.29) is 0 Å². The highest BCUT2D eigenvalue weighted by Crippen LogP contribution is 2.39. The van der Waals surface area contributed by atoms with Crippen LogP contribution < -0.4 is 0 Å². The zero-order valence-corrected chi connectivity index (χ0v) is 8.79. The van der Waals surface area contributed by atoms with Crippen LogP contribution in [0.3, 0.4) is 0 Å². The second-order valence-electron chi connectivity index (χ2n) is 3.63. The number of nitrogens with zero attached hydrogens (tertiary/aromatic N) is 1. The van der Waals surface area contributed by atoms with E-state index < -0.39 is 0 Å². The molecule has 1 aromatic heterocycles. The minimum Gasteiger partial charge on any atom is -0.344 e. The Hall–Kier alpha value is -0.760. The number of fused-ring (bicyclic) bond motifs is 1. The fraction of sp³-hybridized carbons (Fsp3) is 0.273. The third kappa shape index (κ3) is 1.12. The Bertz CT molecular complexity index is 454. The van der Waals surface area contributed by atoms with Crippen LogP contribution in [0.5, 0.6) is 0 Å². The molecule has 0 saturated heterocycles. The molecule has 13 heavy (non-hydrogen) atoms. The van der Waals surface area contributed by atoms with Gasteiger partial charge in [-0.1, -0.05) is 12.1 Å². The van der Waals surface area contributed by atoms with E-state index in [2.05, 4.69) is 51.0 Å². The van der Waals surface area contributed by atoms with Crippen molar-refractivity contribution in [2.75, 3.05) is 0 Å². The average molecular weight is 236 g/mol. The molecular weight excluding hydrogens is 226 g/mol. The van der Waals surface area contributed by atoms with Crippen LogP contribution in [-0.4, -0.2) is 4.57 Å². The van der Waals surface area contributed by atoms with Gasteiger partial charge in [0, 0.05) is 22.1 Å².